The Morgan fingerprint density at radius 2 is 1.84 bits per heavy atom. The number of hydrogen-bond donors (Lipinski definition) is 1. The molecule has 0 fully saturated rings. The third-order valence-corrected chi connectivity index (χ3v) is 10.3. The standard InChI is InChI=1S/C27H30BrF2N3O2SSi/c1-27(2,36(31)34)15-16(12-21-25(30)23(37(3,4)5)14-24(28)32-21)18-8-6-7-9-19(18)26-20-13-17(29)10-11-22(20)35-33-26/h6-11,13-14,16H,12,15,31H2,1-5H3/t16-,36?/m0/s1. The van der Waals surface area contributed by atoms with E-state index >= 15 is 4.39 Å². The summed E-state index contributed by atoms with van der Waals surface area (Å²) in [7, 11) is -3.62. The summed E-state index contributed by atoms with van der Waals surface area (Å²) in [5.74, 6) is -1.01. The Morgan fingerprint density at radius 3 is 2.51 bits per heavy atom. The van der Waals surface area contributed by atoms with Crippen LogP contribution in [0.4, 0.5) is 8.78 Å². The molecule has 37 heavy (non-hydrogen) atoms. The third kappa shape index (κ3) is 5.92. The molecule has 0 aliphatic carbocycles. The largest absolute Gasteiger partial charge is 0.356 e. The molecule has 0 aliphatic heterocycles. The fourth-order valence-electron chi connectivity index (χ4n) is 4.60. The summed E-state index contributed by atoms with van der Waals surface area (Å²) in [5.41, 5.74) is 2.87. The minimum atomic E-state index is -2.00. The summed E-state index contributed by atoms with van der Waals surface area (Å²) in [6.07, 6.45) is 0.651. The van der Waals surface area contributed by atoms with Crippen molar-refractivity contribution in [3.8, 4) is 11.3 Å². The lowest BCUT2D eigenvalue weighted by molar-refractivity contribution is 0.458. The van der Waals surface area contributed by atoms with Gasteiger partial charge in [-0.2, -0.15) is 0 Å². The molecule has 0 saturated heterocycles. The van der Waals surface area contributed by atoms with Crippen molar-refractivity contribution in [1.82, 2.24) is 10.1 Å². The van der Waals surface area contributed by atoms with E-state index in [1.165, 1.54) is 12.1 Å². The molecule has 2 atom stereocenters. The molecule has 2 aromatic carbocycles. The number of hydrogen-bond acceptors (Lipinski definition) is 4. The summed E-state index contributed by atoms with van der Waals surface area (Å²) >= 11 is 3.47. The first-order chi connectivity index (χ1) is 17.3. The highest BCUT2D eigenvalue weighted by molar-refractivity contribution is 9.10. The van der Waals surface area contributed by atoms with E-state index in [0.717, 1.165) is 11.1 Å². The fourth-order valence-corrected chi connectivity index (χ4v) is 7.00. The lowest BCUT2D eigenvalue weighted by Gasteiger charge is -2.29. The Labute approximate surface area is 227 Å². The van der Waals surface area contributed by atoms with Crippen LogP contribution in [0.1, 0.15) is 37.4 Å². The maximum atomic E-state index is 15.8. The average molecular weight is 607 g/mol. The van der Waals surface area contributed by atoms with Crippen LogP contribution in [0.15, 0.2) is 57.7 Å². The highest BCUT2D eigenvalue weighted by Gasteiger charge is 2.33. The highest BCUT2D eigenvalue weighted by Crippen LogP contribution is 2.39. The molecule has 5 nitrogen and oxygen atoms in total. The van der Waals surface area contributed by atoms with Crippen LogP contribution in [0.3, 0.4) is 0 Å². The van der Waals surface area contributed by atoms with Crippen LogP contribution < -0.4 is 10.3 Å². The topological polar surface area (TPSA) is 82.0 Å². The number of nitrogens with zero attached hydrogens (tertiary/aromatic N) is 2. The van der Waals surface area contributed by atoms with E-state index in [2.05, 4.69) is 45.7 Å². The Hall–Kier alpha value is -2.27. The van der Waals surface area contributed by atoms with Crippen molar-refractivity contribution < 1.29 is 17.5 Å². The number of nitrogens with two attached hydrogens (primary N) is 1. The number of benzene rings is 2. The molecule has 2 aromatic heterocycles. The predicted molar refractivity (Wildman–Crippen MR) is 152 cm³/mol. The number of aromatic nitrogens is 2. The summed E-state index contributed by atoms with van der Waals surface area (Å²) in [6, 6.07) is 13.6. The minimum Gasteiger partial charge on any atom is -0.356 e. The van der Waals surface area contributed by atoms with Crippen LogP contribution in [0.2, 0.25) is 19.6 Å². The second kappa shape index (κ2) is 10.5. The molecule has 4 aromatic rings. The molecule has 0 bridgehead atoms. The predicted octanol–water partition coefficient (Wildman–Crippen LogP) is 6.59. The van der Waals surface area contributed by atoms with E-state index in [1.807, 2.05) is 38.1 Å². The van der Waals surface area contributed by atoms with Crippen LogP contribution in [0.5, 0.6) is 0 Å². The van der Waals surface area contributed by atoms with E-state index in [0.29, 0.717) is 38.6 Å². The number of pyridine rings is 1. The van der Waals surface area contributed by atoms with Gasteiger partial charge in [-0.05, 0) is 83.6 Å². The van der Waals surface area contributed by atoms with Crippen molar-refractivity contribution >= 4 is 51.1 Å². The molecular formula is C27H30BrF2N3O2SSi. The first-order valence-electron chi connectivity index (χ1n) is 11.9. The van der Waals surface area contributed by atoms with Gasteiger partial charge in [0.2, 0.25) is 0 Å². The van der Waals surface area contributed by atoms with Gasteiger partial charge in [0.1, 0.15) is 21.9 Å². The molecule has 2 N–H and O–H groups in total. The van der Waals surface area contributed by atoms with E-state index in [1.54, 1.807) is 12.1 Å². The Bertz CT molecular complexity index is 1490. The van der Waals surface area contributed by atoms with E-state index < -0.39 is 29.6 Å². The molecule has 0 spiro atoms. The van der Waals surface area contributed by atoms with Crippen molar-refractivity contribution in [3.63, 3.8) is 0 Å². The number of rotatable bonds is 8. The van der Waals surface area contributed by atoms with Crippen molar-refractivity contribution in [2.75, 3.05) is 0 Å². The second-order valence-corrected chi connectivity index (χ2v) is 18.5. The zero-order valence-corrected chi connectivity index (χ0v) is 24.8. The van der Waals surface area contributed by atoms with Gasteiger partial charge in [-0.1, -0.05) is 49.1 Å². The smallest absolute Gasteiger partial charge is 0.167 e. The van der Waals surface area contributed by atoms with Crippen molar-refractivity contribution in [2.45, 2.75) is 57.0 Å². The second-order valence-electron chi connectivity index (χ2n) is 10.9. The fraction of sp³-hybridized carbons (Fsp3) is 0.333. The molecule has 10 heteroatoms. The molecular weight excluding hydrogens is 576 g/mol. The number of fused-ring (bicyclic) bond motifs is 1. The van der Waals surface area contributed by atoms with E-state index in [9.17, 15) is 8.60 Å². The zero-order chi connectivity index (χ0) is 27.1. The van der Waals surface area contributed by atoms with Crippen molar-refractivity contribution in [1.29, 1.82) is 0 Å². The Balaban J connectivity index is 1.89. The van der Waals surface area contributed by atoms with Gasteiger partial charge in [-0.25, -0.2) is 18.0 Å². The molecule has 0 aliphatic rings. The summed E-state index contributed by atoms with van der Waals surface area (Å²) in [4.78, 5) is 4.51. The molecule has 1 unspecified atom stereocenters. The SMILES string of the molecule is CC(C)(C[C@H](Cc1nc(Br)cc([Si](C)(C)C)c1F)c1ccccc1-c1noc2ccc(F)cc12)S(N)=O. The highest BCUT2D eigenvalue weighted by atomic mass is 79.9. The molecule has 0 saturated carbocycles. The molecule has 196 valence electrons. The van der Waals surface area contributed by atoms with Crippen LogP contribution in [0.25, 0.3) is 22.2 Å². The quantitative estimate of drug-likeness (QED) is 0.181. The van der Waals surface area contributed by atoms with Gasteiger partial charge in [0, 0.05) is 5.56 Å². The van der Waals surface area contributed by atoms with Gasteiger partial charge in [0.25, 0.3) is 0 Å². The average Bonchev–Trinajstić information content (AvgIpc) is 3.22. The van der Waals surface area contributed by atoms with Crippen molar-refractivity contribution in [3.05, 3.63) is 76.0 Å². The molecule has 0 radical (unpaired) electrons. The monoisotopic (exact) mass is 605 g/mol. The van der Waals surface area contributed by atoms with Gasteiger partial charge in [0.15, 0.2) is 5.58 Å². The Morgan fingerprint density at radius 1 is 1.14 bits per heavy atom. The van der Waals surface area contributed by atoms with Crippen molar-refractivity contribution in [2.24, 2.45) is 5.14 Å². The normalized spacial score (nSPS) is 14.2. The third-order valence-electron chi connectivity index (χ3n) is 6.61. The van der Waals surface area contributed by atoms with Gasteiger partial charge < -0.3 is 4.52 Å². The molecule has 2 heterocycles. The molecule has 4 rings (SSSR count). The zero-order valence-electron chi connectivity index (χ0n) is 21.4. The summed E-state index contributed by atoms with van der Waals surface area (Å²) < 4.78 is 47.7. The van der Waals surface area contributed by atoms with Crippen LogP contribution in [0, 0.1) is 11.6 Å². The maximum Gasteiger partial charge on any atom is 0.167 e. The van der Waals surface area contributed by atoms with Crippen LogP contribution in [-0.4, -0.2) is 27.2 Å². The van der Waals surface area contributed by atoms with E-state index in [-0.39, 0.29) is 18.2 Å². The Kier molecular flexibility index (Phi) is 7.86. The van der Waals surface area contributed by atoms with Gasteiger partial charge >= 0.3 is 0 Å². The summed E-state index contributed by atoms with van der Waals surface area (Å²) in [6.45, 7) is 9.92. The van der Waals surface area contributed by atoms with Crippen LogP contribution >= 0.6 is 15.9 Å². The van der Waals surface area contributed by atoms with Crippen LogP contribution in [-0.2, 0) is 17.4 Å². The van der Waals surface area contributed by atoms with Gasteiger partial charge in [-0.15, -0.1) is 0 Å². The lowest BCUT2D eigenvalue weighted by atomic mass is 9.83. The molecule has 0 amide bonds. The van der Waals surface area contributed by atoms with Gasteiger partial charge in [-0.3, -0.25) is 5.14 Å². The van der Waals surface area contributed by atoms with E-state index in [4.69, 9.17) is 9.66 Å². The first-order valence-corrected chi connectivity index (χ1v) is 17.4. The van der Waals surface area contributed by atoms with Gasteiger partial charge in [0.05, 0.1) is 34.9 Å². The number of halogens is 3. The lowest BCUT2D eigenvalue weighted by Crippen LogP contribution is -2.41. The first kappa shape index (κ1) is 27.8. The minimum absolute atomic E-state index is 0.255. The maximum absolute atomic E-state index is 15.8. The summed E-state index contributed by atoms with van der Waals surface area (Å²) in [5, 5.41) is 11.3.